The van der Waals surface area contributed by atoms with Crippen molar-refractivity contribution in [1.82, 2.24) is 9.80 Å². The molecule has 0 aromatic heterocycles. The smallest absolute Gasteiger partial charge is 0.308 e. The highest BCUT2D eigenvalue weighted by Gasteiger charge is 2.47. The van der Waals surface area contributed by atoms with Crippen LogP contribution in [0.25, 0.3) is 0 Å². The molecule has 2 aromatic carbocycles. The molecule has 1 amide bonds. The van der Waals surface area contributed by atoms with E-state index >= 15 is 0 Å². The van der Waals surface area contributed by atoms with Crippen LogP contribution >= 0.6 is 0 Å². The minimum absolute atomic E-state index is 0.00973. The van der Waals surface area contributed by atoms with Gasteiger partial charge in [0.15, 0.2) is 23.0 Å². The Labute approximate surface area is 235 Å². The first kappa shape index (κ1) is 29.5. The average Bonchev–Trinajstić information content (AvgIpc) is 3.57. The molecule has 0 saturated carbocycles. The zero-order chi connectivity index (χ0) is 28.5. The predicted octanol–water partition coefficient (Wildman–Crippen LogP) is 3.37. The van der Waals surface area contributed by atoms with E-state index in [1.807, 2.05) is 47.4 Å². The third kappa shape index (κ3) is 6.98. The third-order valence-electron chi connectivity index (χ3n) is 7.66. The summed E-state index contributed by atoms with van der Waals surface area (Å²) in [6.07, 6.45) is 2.73. The highest BCUT2D eigenvalue weighted by Crippen LogP contribution is 2.43. The molecule has 0 radical (unpaired) electrons. The van der Waals surface area contributed by atoms with Crippen molar-refractivity contribution >= 4 is 11.9 Å². The van der Waals surface area contributed by atoms with Crippen LogP contribution in [0.15, 0.2) is 42.5 Å². The lowest BCUT2D eigenvalue weighted by molar-refractivity contribution is -0.144. The Hall–Kier alpha value is -3.50. The largest absolute Gasteiger partial charge is 0.493 e. The van der Waals surface area contributed by atoms with Gasteiger partial charge in [0, 0.05) is 38.2 Å². The molecule has 2 aliphatic rings. The number of para-hydroxylation sites is 2. The Bertz CT molecular complexity index is 1130. The molecule has 10 nitrogen and oxygen atoms in total. The molecule has 2 aromatic rings. The quantitative estimate of drug-likeness (QED) is 0.340. The van der Waals surface area contributed by atoms with Crippen LogP contribution < -0.4 is 18.9 Å². The van der Waals surface area contributed by atoms with E-state index in [1.54, 1.807) is 12.0 Å². The molecule has 0 bridgehead atoms. The zero-order valence-corrected chi connectivity index (χ0v) is 23.3. The molecule has 2 aliphatic heterocycles. The second-order valence-electron chi connectivity index (χ2n) is 10.2. The number of unbranched alkanes of at least 4 members (excludes halogenated alkanes) is 1. The van der Waals surface area contributed by atoms with Gasteiger partial charge in [0.2, 0.25) is 12.7 Å². The summed E-state index contributed by atoms with van der Waals surface area (Å²) in [4.78, 5) is 30.0. The predicted molar refractivity (Wildman–Crippen MR) is 148 cm³/mol. The van der Waals surface area contributed by atoms with Gasteiger partial charge in [-0.05, 0) is 49.1 Å². The number of carboxylic acids is 1. The number of rotatable bonds is 15. The minimum atomic E-state index is -0.914. The molecule has 40 heavy (non-hydrogen) atoms. The number of carbonyl (C=O) groups is 2. The monoisotopic (exact) mass is 556 g/mol. The summed E-state index contributed by atoms with van der Waals surface area (Å²) in [6.45, 7) is 4.06. The Morgan fingerprint density at radius 1 is 1.07 bits per heavy atom. The standard InChI is InChI=1S/C30H40N2O8/c1-3-4-13-31(14-7-15-33)28(34)19-32-18-22(21-10-11-26-27(17-21)40-20-39-26)29(30(35)36)23(32)12-16-38-25-9-6-5-8-24(25)37-2/h5-6,8-11,17,22-23,29,33H,3-4,7,12-16,18-20H2,1-2H3,(H,35,36)/t22-,23+,29?/m1/s1. The van der Waals surface area contributed by atoms with Crippen molar-refractivity contribution in [2.24, 2.45) is 5.92 Å². The van der Waals surface area contributed by atoms with Gasteiger partial charge in [-0.1, -0.05) is 31.5 Å². The Kier molecular flexibility index (Phi) is 10.5. The SMILES string of the molecule is CCCCN(CCCO)C(=O)CN1C[C@H](c2ccc3c(c2)OCO3)C(C(=O)O)[C@@H]1CCOc1ccccc1OC. The minimum Gasteiger partial charge on any atom is -0.493 e. The number of ether oxygens (including phenoxy) is 4. The third-order valence-corrected chi connectivity index (χ3v) is 7.66. The van der Waals surface area contributed by atoms with Crippen LogP contribution in [0.5, 0.6) is 23.0 Å². The van der Waals surface area contributed by atoms with Crippen molar-refractivity contribution in [3.8, 4) is 23.0 Å². The van der Waals surface area contributed by atoms with E-state index in [2.05, 4.69) is 6.92 Å². The normalized spacial score (nSPS) is 19.9. The van der Waals surface area contributed by atoms with E-state index in [9.17, 15) is 19.8 Å². The molecule has 3 atom stereocenters. The second kappa shape index (κ2) is 14.2. The van der Waals surface area contributed by atoms with E-state index in [0.29, 0.717) is 55.5 Å². The number of hydrogen-bond donors (Lipinski definition) is 2. The number of methoxy groups -OCH3 is 1. The lowest BCUT2D eigenvalue weighted by atomic mass is 9.84. The second-order valence-corrected chi connectivity index (χ2v) is 10.2. The fourth-order valence-corrected chi connectivity index (χ4v) is 5.61. The molecule has 1 fully saturated rings. The van der Waals surface area contributed by atoms with Gasteiger partial charge < -0.3 is 34.1 Å². The molecule has 218 valence electrons. The van der Waals surface area contributed by atoms with Gasteiger partial charge in [0.05, 0.1) is 26.2 Å². The molecule has 1 unspecified atom stereocenters. The van der Waals surface area contributed by atoms with E-state index < -0.39 is 17.9 Å². The Morgan fingerprint density at radius 2 is 1.82 bits per heavy atom. The summed E-state index contributed by atoms with van der Waals surface area (Å²) in [5.74, 6) is 0.341. The number of benzene rings is 2. The van der Waals surface area contributed by atoms with Crippen molar-refractivity contribution in [2.45, 2.75) is 44.6 Å². The molecule has 2 heterocycles. The molecular weight excluding hydrogens is 516 g/mol. The zero-order valence-electron chi connectivity index (χ0n) is 23.3. The van der Waals surface area contributed by atoms with Crippen molar-refractivity contribution in [1.29, 1.82) is 0 Å². The molecule has 4 rings (SSSR count). The van der Waals surface area contributed by atoms with Gasteiger partial charge >= 0.3 is 5.97 Å². The molecule has 0 aliphatic carbocycles. The summed E-state index contributed by atoms with van der Waals surface area (Å²) < 4.78 is 22.4. The summed E-state index contributed by atoms with van der Waals surface area (Å²) in [7, 11) is 1.57. The number of aliphatic hydroxyl groups excluding tert-OH is 1. The van der Waals surface area contributed by atoms with Gasteiger partial charge in [-0.25, -0.2) is 0 Å². The number of hydrogen-bond acceptors (Lipinski definition) is 8. The number of carboxylic acid groups (broad SMARTS) is 1. The lowest BCUT2D eigenvalue weighted by Crippen LogP contribution is -2.45. The fourth-order valence-electron chi connectivity index (χ4n) is 5.61. The number of amides is 1. The van der Waals surface area contributed by atoms with Crippen LogP contribution in [0.4, 0.5) is 0 Å². The van der Waals surface area contributed by atoms with Crippen LogP contribution in [-0.4, -0.2) is 91.2 Å². The van der Waals surface area contributed by atoms with Crippen molar-refractivity contribution in [3.63, 3.8) is 0 Å². The summed E-state index contributed by atoms with van der Waals surface area (Å²) in [5, 5.41) is 19.8. The number of aliphatic carboxylic acids is 1. The maximum Gasteiger partial charge on any atom is 0.308 e. The number of fused-ring (bicyclic) bond motifs is 1. The number of carbonyl (C=O) groups excluding carboxylic acids is 1. The maximum atomic E-state index is 13.5. The number of nitrogens with zero attached hydrogens (tertiary/aromatic N) is 2. The van der Waals surface area contributed by atoms with Crippen molar-refractivity contribution in [2.75, 3.05) is 53.3 Å². The van der Waals surface area contributed by atoms with Crippen molar-refractivity contribution < 1.29 is 38.7 Å². The van der Waals surface area contributed by atoms with Crippen LogP contribution in [0.1, 0.15) is 44.1 Å². The molecular formula is C30H40N2O8. The maximum absolute atomic E-state index is 13.5. The van der Waals surface area contributed by atoms with Crippen LogP contribution in [-0.2, 0) is 9.59 Å². The highest BCUT2D eigenvalue weighted by atomic mass is 16.7. The topological polar surface area (TPSA) is 118 Å². The highest BCUT2D eigenvalue weighted by molar-refractivity contribution is 5.79. The summed E-state index contributed by atoms with van der Waals surface area (Å²) >= 11 is 0. The van der Waals surface area contributed by atoms with Gasteiger partial charge in [0.25, 0.3) is 0 Å². The van der Waals surface area contributed by atoms with Crippen LogP contribution in [0, 0.1) is 5.92 Å². The fraction of sp³-hybridized carbons (Fsp3) is 0.533. The molecule has 2 N–H and O–H groups in total. The van der Waals surface area contributed by atoms with E-state index in [0.717, 1.165) is 18.4 Å². The van der Waals surface area contributed by atoms with E-state index in [1.165, 1.54) is 0 Å². The first-order chi connectivity index (χ1) is 19.5. The van der Waals surface area contributed by atoms with Crippen LogP contribution in [0.3, 0.4) is 0 Å². The first-order valence-corrected chi connectivity index (χ1v) is 14.0. The number of likely N-dealkylation sites (tertiary alicyclic amines) is 1. The molecule has 1 saturated heterocycles. The Morgan fingerprint density at radius 3 is 2.55 bits per heavy atom. The summed E-state index contributed by atoms with van der Waals surface area (Å²) in [6, 6.07) is 12.4. The van der Waals surface area contributed by atoms with Crippen molar-refractivity contribution in [3.05, 3.63) is 48.0 Å². The molecule has 10 heteroatoms. The van der Waals surface area contributed by atoms with E-state index in [4.69, 9.17) is 18.9 Å². The lowest BCUT2D eigenvalue weighted by Gasteiger charge is -2.29. The van der Waals surface area contributed by atoms with E-state index in [-0.39, 0.29) is 38.4 Å². The van der Waals surface area contributed by atoms with Gasteiger partial charge in [-0.2, -0.15) is 0 Å². The summed E-state index contributed by atoms with van der Waals surface area (Å²) in [5.41, 5.74) is 0.838. The number of aliphatic hydroxyl groups is 1. The van der Waals surface area contributed by atoms with Gasteiger partial charge in [-0.15, -0.1) is 0 Å². The molecule has 0 spiro atoms. The van der Waals surface area contributed by atoms with Gasteiger partial charge in [0.1, 0.15) is 0 Å². The van der Waals surface area contributed by atoms with Crippen LogP contribution in [0.2, 0.25) is 0 Å². The average molecular weight is 557 g/mol. The first-order valence-electron chi connectivity index (χ1n) is 14.0. The van der Waals surface area contributed by atoms with Gasteiger partial charge in [-0.3, -0.25) is 14.5 Å². The Balaban J connectivity index is 1.57.